The number of esters is 1. The third-order valence-electron chi connectivity index (χ3n) is 6.14. The lowest BCUT2D eigenvalue weighted by Gasteiger charge is -2.28. The number of nitrogens with zero attached hydrogens (tertiary/aromatic N) is 1. The first-order valence-corrected chi connectivity index (χ1v) is 11.9. The van der Waals surface area contributed by atoms with Crippen LogP contribution in [-0.2, 0) is 19.1 Å². The van der Waals surface area contributed by atoms with E-state index in [-0.39, 0.29) is 28.8 Å². The van der Waals surface area contributed by atoms with Crippen LogP contribution in [0.25, 0.3) is 0 Å². The maximum absolute atomic E-state index is 13.0. The molecule has 0 aromatic heterocycles. The Balaban J connectivity index is 1.41. The lowest BCUT2D eigenvalue weighted by molar-refractivity contribution is -0.122. The van der Waals surface area contributed by atoms with E-state index in [0.29, 0.717) is 24.1 Å². The fourth-order valence-corrected chi connectivity index (χ4v) is 4.94. The first-order valence-electron chi connectivity index (χ1n) is 11.0. The third kappa shape index (κ3) is 5.23. The van der Waals surface area contributed by atoms with Crippen molar-refractivity contribution in [2.24, 2.45) is 11.8 Å². The number of Topliss-reactive ketones (excluding diaryl/α,β-unsaturated/α-hetero) is 1. The summed E-state index contributed by atoms with van der Waals surface area (Å²) < 4.78 is 5.09. The monoisotopic (exact) mass is 516 g/mol. The number of hydrogen-bond acceptors (Lipinski definition) is 6. The quantitative estimate of drug-likeness (QED) is 0.270. The van der Waals surface area contributed by atoms with Gasteiger partial charge in [-0.15, -0.1) is 23.2 Å². The van der Waals surface area contributed by atoms with Gasteiger partial charge in [-0.3, -0.25) is 24.1 Å². The van der Waals surface area contributed by atoms with Crippen LogP contribution in [0.4, 0.5) is 11.4 Å². The Labute approximate surface area is 211 Å². The zero-order chi connectivity index (χ0) is 25.3. The molecule has 2 aromatic rings. The van der Waals surface area contributed by atoms with E-state index in [2.05, 4.69) is 5.32 Å². The van der Waals surface area contributed by atoms with E-state index >= 15 is 0 Å². The van der Waals surface area contributed by atoms with Gasteiger partial charge >= 0.3 is 5.97 Å². The lowest BCUT2D eigenvalue weighted by atomic mass is 9.80. The van der Waals surface area contributed by atoms with E-state index in [1.54, 1.807) is 24.3 Å². The lowest BCUT2D eigenvalue weighted by Crippen LogP contribution is -2.34. The number of nitrogens with one attached hydrogen (secondary N) is 1. The molecule has 182 valence electrons. The van der Waals surface area contributed by atoms with Gasteiger partial charge < -0.3 is 10.1 Å². The summed E-state index contributed by atoms with van der Waals surface area (Å²) in [4.78, 5) is 63.2. The zero-order valence-electron chi connectivity index (χ0n) is 18.7. The van der Waals surface area contributed by atoms with Crippen molar-refractivity contribution in [3.63, 3.8) is 0 Å². The van der Waals surface area contributed by atoms with Gasteiger partial charge in [0.2, 0.25) is 11.8 Å². The van der Waals surface area contributed by atoms with Crippen LogP contribution in [0, 0.1) is 11.8 Å². The molecular formula is C25H22Cl2N2O6. The predicted octanol–water partition coefficient (Wildman–Crippen LogP) is 3.80. The first-order chi connectivity index (χ1) is 16.7. The number of halogens is 2. The van der Waals surface area contributed by atoms with E-state index in [4.69, 9.17) is 27.9 Å². The Morgan fingerprint density at radius 2 is 1.54 bits per heavy atom. The number of ether oxygens (including phenoxy) is 1. The normalized spacial score (nSPS) is 23.6. The molecule has 2 fully saturated rings. The molecule has 0 radical (unpaired) electrons. The second kappa shape index (κ2) is 10.2. The predicted molar refractivity (Wildman–Crippen MR) is 130 cm³/mol. The molecule has 3 amide bonds. The van der Waals surface area contributed by atoms with Gasteiger partial charge in [-0.05, 0) is 50.1 Å². The van der Waals surface area contributed by atoms with E-state index in [0.717, 1.165) is 4.90 Å². The molecule has 4 atom stereocenters. The first kappa shape index (κ1) is 24.9. The molecule has 8 nitrogen and oxygen atoms in total. The molecule has 0 spiro atoms. The highest BCUT2D eigenvalue weighted by Crippen LogP contribution is 2.43. The summed E-state index contributed by atoms with van der Waals surface area (Å²) >= 11 is 12.4. The topological polar surface area (TPSA) is 110 Å². The van der Waals surface area contributed by atoms with E-state index in [1.807, 2.05) is 0 Å². The molecule has 1 aliphatic carbocycles. The molecule has 0 unspecified atom stereocenters. The summed E-state index contributed by atoms with van der Waals surface area (Å²) in [6, 6.07) is 12.3. The number of rotatable bonds is 6. The molecule has 1 saturated heterocycles. The van der Waals surface area contributed by atoms with Crippen LogP contribution in [0.15, 0.2) is 48.5 Å². The van der Waals surface area contributed by atoms with Crippen molar-refractivity contribution in [1.82, 2.24) is 0 Å². The highest BCUT2D eigenvalue weighted by atomic mass is 35.5. The minimum absolute atomic E-state index is 0.0785. The SMILES string of the molecule is CC(=O)c1cccc(NC(=O)COC(=O)c2cccc(N3C(=O)[C@@H]4C[C@H](Cl)[C@@H](Cl)C[C@H]4C3=O)c2)c1. The van der Waals surface area contributed by atoms with Crippen molar-refractivity contribution in [1.29, 1.82) is 0 Å². The van der Waals surface area contributed by atoms with Gasteiger partial charge in [0.05, 0.1) is 33.8 Å². The maximum Gasteiger partial charge on any atom is 0.338 e. The van der Waals surface area contributed by atoms with Crippen LogP contribution in [0.5, 0.6) is 0 Å². The summed E-state index contributed by atoms with van der Waals surface area (Å²) in [7, 11) is 0. The number of hydrogen-bond donors (Lipinski definition) is 1. The van der Waals surface area contributed by atoms with Crippen molar-refractivity contribution in [2.75, 3.05) is 16.8 Å². The van der Waals surface area contributed by atoms with Gasteiger partial charge in [0, 0.05) is 11.3 Å². The fraction of sp³-hybridized carbons (Fsp3) is 0.320. The van der Waals surface area contributed by atoms with Crippen molar-refractivity contribution in [3.8, 4) is 0 Å². The highest BCUT2D eigenvalue weighted by molar-refractivity contribution is 6.31. The van der Waals surface area contributed by atoms with Crippen LogP contribution < -0.4 is 10.2 Å². The molecule has 10 heteroatoms. The Kier molecular flexibility index (Phi) is 7.23. The van der Waals surface area contributed by atoms with Crippen LogP contribution in [0.1, 0.15) is 40.5 Å². The number of amides is 3. The van der Waals surface area contributed by atoms with Crippen molar-refractivity contribution >= 4 is 64.1 Å². The molecule has 0 bridgehead atoms. The number of anilines is 2. The molecule has 2 aromatic carbocycles. The Morgan fingerprint density at radius 1 is 0.943 bits per heavy atom. The van der Waals surface area contributed by atoms with Gasteiger partial charge in [-0.1, -0.05) is 18.2 Å². The number of benzene rings is 2. The largest absolute Gasteiger partial charge is 0.452 e. The molecule has 1 aliphatic heterocycles. The molecule has 1 saturated carbocycles. The molecule has 35 heavy (non-hydrogen) atoms. The van der Waals surface area contributed by atoms with Crippen molar-refractivity contribution < 1.29 is 28.7 Å². The van der Waals surface area contributed by atoms with E-state index < -0.39 is 41.1 Å². The second-order valence-electron chi connectivity index (χ2n) is 8.54. The molecule has 4 rings (SSSR count). The second-order valence-corrected chi connectivity index (χ2v) is 9.66. The molecule has 1 heterocycles. The van der Waals surface area contributed by atoms with Crippen LogP contribution in [0.3, 0.4) is 0 Å². The minimum Gasteiger partial charge on any atom is -0.452 e. The Morgan fingerprint density at radius 3 is 2.17 bits per heavy atom. The number of fused-ring (bicyclic) bond motifs is 1. The van der Waals surface area contributed by atoms with Crippen LogP contribution in [-0.4, -0.2) is 46.8 Å². The van der Waals surface area contributed by atoms with Gasteiger partial charge in [0.1, 0.15) is 0 Å². The Bertz CT molecular complexity index is 1190. The summed E-state index contributed by atoms with van der Waals surface area (Å²) in [6.45, 7) is 0.852. The number of ketones is 1. The smallest absolute Gasteiger partial charge is 0.338 e. The number of alkyl halides is 2. The van der Waals surface area contributed by atoms with Crippen molar-refractivity contribution in [3.05, 3.63) is 59.7 Å². The fourth-order valence-electron chi connectivity index (χ4n) is 4.35. The number of imide groups is 1. The summed E-state index contributed by atoms with van der Waals surface area (Å²) in [6.07, 6.45) is 0.626. The summed E-state index contributed by atoms with van der Waals surface area (Å²) in [5, 5.41) is 1.77. The highest BCUT2D eigenvalue weighted by Gasteiger charge is 2.52. The zero-order valence-corrected chi connectivity index (χ0v) is 20.2. The van der Waals surface area contributed by atoms with Gasteiger partial charge in [-0.2, -0.15) is 0 Å². The van der Waals surface area contributed by atoms with Crippen LogP contribution in [0.2, 0.25) is 0 Å². The summed E-state index contributed by atoms with van der Waals surface area (Å²) in [5.74, 6) is -3.35. The van der Waals surface area contributed by atoms with E-state index in [9.17, 15) is 24.0 Å². The molecule has 2 aliphatic rings. The van der Waals surface area contributed by atoms with Crippen molar-refractivity contribution in [2.45, 2.75) is 30.5 Å². The summed E-state index contributed by atoms with van der Waals surface area (Å²) in [5.41, 5.74) is 1.15. The van der Waals surface area contributed by atoms with Gasteiger partial charge in [0.15, 0.2) is 12.4 Å². The maximum atomic E-state index is 13.0. The standard InChI is InChI=1S/C25H22Cl2N2O6/c1-13(30)14-4-2-6-16(8-14)28-22(31)12-35-25(34)15-5-3-7-17(9-15)29-23(32)18-10-20(26)21(27)11-19(18)24(29)33/h2-9,18-21H,10-12H2,1H3,(H,28,31)/t18-,19-,20+,21+/m1/s1. The third-order valence-corrected chi connectivity index (χ3v) is 7.23. The molecule has 1 N–H and O–H groups in total. The number of carbonyl (C=O) groups excluding carboxylic acids is 5. The average Bonchev–Trinajstić information content (AvgIpc) is 3.07. The van der Waals surface area contributed by atoms with Gasteiger partial charge in [-0.25, -0.2) is 4.79 Å². The average molecular weight is 517 g/mol. The van der Waals surface area contributed by atoms with E-state index in [1.165, 1.54) is 31.2 Å². The van der Waals surface area contributed by atoms with Crippen LogP contribution >= 0.6 is 23.2 Å². The van der Waals surface area contributed by atoms with Gasteiger partial charge in [0.25, 0.3) is 5.91 Å². The molecular weight excluding hydrogens is 495 g/mol. The number of carbonyl (C=O) groups is 5. The minimum atomic E-state index is -0.794. The Hall–Kier alpha value is -3.23.